The Morgan fingerprint density at radius 2 is 2.05 bits per heavy atom. The molecule has 1 aromatic heterocycles. The highest BCUT2D eigenvalue weighted by molar-refractivity contribution is 7.90. The molecule has 1 fully saturated rings. The van der Waals surface area contributed by atoms with Crippen molar-refractivity contribution in [1.82, 2.24) is 5.16 Å². The van der Waals surface area contributed by atoms with Gasteiger partial charge in [0, 0.05) is 18.2 Å². The van der Waals surface area contributed by atoms with E-state index in [2.05, 4.69) is 5.16 Å². The van der Waals surface area contributed by atoms with Crippen molar-refractivity contribution >= 4 is 9.84 Å². The maximum Gasteiger partial charge on any atom is 0.160 e. The molecule has 2 aromatic rings. The summed E-state index contributed by atoms with van der Waals surface area (Å²) in [6.45, 7) is 0.653. The molecule has 0 bridgehead atoms. The predicted octanol–water partition coefficient (Wildman–Crippen LogP) is 2.44. The molecule has 0 N–H and O–H groups in total. The second-order valence-corrected chi connectivity index (χ2v) is 7.34. The Labute approximate surface area is 123 Å². The van der Waals surface area contributed by atoms with Crippen LogP contribution in [0.25, 0.3) is 11.3 Å². The number of aromatic nitrogens is 1. The number of benzene rings is 1. The van der Waals surface area contributed by atoms with Gasteiger partial charge in [0.2, 0.25) is 0 Å². The van der Waals surface area contributed by atoms with Gasteiger partial charge in [-0.1, -0.05) is 35.5 Å². The summed E-state index contributed by atoms with van der Waals surface area (Å²) in [5.41, 5.74) is 1.56. The van der Waals surface area contributed by atoms with E-state index in [0.29, 0.717) is 18.1 Å². The van der Waals surface area contributed by atoms with E-state index in [0.717, 1.165) is 18.4 Å². The number of sulfone groups is 1. The van der Waals surface area contributed by atoms with Crippen molar-refractivity contribution < 1.29 is 17.7 Å². The van der Waals surface area contributed by atoms with Crippen molar-refractivity contribution in [2.75, 3.05) is 12.4 Å². The summed E-state index contributed by atoms with van der Waals surface area (Å²) in [7, 11) is -3.25. The van der Waals surface area contributed by atoms with Crippen molar-refractivity contribution in [2.45, 2.75) is 24.7 Å². The van der Waals surface area contributed by atoms with Crippen LogP contribution in [-0.2, 0) is 20.3 Å². The topological polar surface area (TPSA) is 69.4 Å². The summed E-state index contributed by atoms with van der Waals surface area (Å²) < 4.78 is 34.8. The van der Waals surface area contributed by atoms with Gasteiger partial charge in [-0.15, -0.1) is 0 Å². The number of hydrogen-bond donors (Lipinski definition) is 0. The van der Waals surface area contributed by atoms with E-state index in [9.17, 15) is 8.42 Å². The summed E-state index contributed by atoms with van der Waals surface area (Å²) in [6.07, 6.45) is 1.57. The van der Waals surface area contributed by atoms with Crippen molar-refractivity contribution in [1.29, 1.82) is 0 Å². The van der Waals surface area contributed by atoms with Crippen LogP contribution in [-0.4, -0.2) is 32.0 Å². The third kappa shape index (κ3) is 3.71. The minimum Gasteiger partial charge on any atom is -0.377 e. The molecule has 0 aliphatic carbocycles. The second-order valence-electron chi connectivity index (χ2n) is 5.23. The Morgan fingerprint density at radius 3 is 2.76 bits per heavy atom. The van der Waals surface area contributed by atoms with Crippen molar-refractivity contribution in [3.05, 3.63) is 42.2 Å². The molecule has 21 heavy (non-hydrogen) atoms. The first kappa shape index (κ1) is 14.3. The highest BCUT2D eigenvalue weighted by atomic mass is 32.2. The molecule has 0 unspecified atom stereocenters. The van der Waals surface area contributed by atoms with Gasteiger partial charge in [0.05, 0.1) is 11.9 Å². The van der Waals surface area contributed by atoms with E-state index in [1.54, 1.807) is 6.07 Å². The molecular weight excluding hydrogens is 290 g/mol. The van der Waals surface area contributed by atoms with Crippen LogP contribution < -0.4 is 0 Å². The smallest absolute Gasteiger partial charge is 0.160 e. The summed E-state index contributed by atoms with van der Waals surface area (Å²) in [5, 5.41) is 3.93. The first-order valence-electron chi connectivity index (χ1n) is 6.95. The third-order valence-corrected chi connectivity index (χ3v) is 5.06. The molecule has 2 heterocycles. The molecule has 5 nitrogen and oxygen atoms in total. The van der Waals surface area contributed by atoms with Crippen LogP contribution in [0.5, 0.6) is 0 Å². The monoisotopic (exact) mass is 307 g/mol. The minimum absolute atomic E-state index is 0.0500. The summed E-state index contributed by atoms with van der Waals surface area (Å²) in [5.74, 6) is 0.285. The molecule has 0 radical (unpaired) electrons. The van der Waals surface area contributed by atoms with Gasteiger partial charge >= 0.3 is 0 Å². The fourth-order valence-corrected chi connectivity index (χ4v) is 3.98. The van der Waals surface area contributed by atoms with Crippen molar-refractivity contribution in [2.24, 2.45) is 0 Å². The van der Waals surface area contributed by atoms with Crippen LogP contribution in [0, 0.1) is 0 Å². The fourth-order valence-electron chi connectivity index (χ4n) is 2.46. The molecule has 3 rings (SSSR count). The van der Waals surface area contributed by atoms with Crippen LogP contribution in [0.2, 0.25) is 0 Å². The average Bonchev–Trinajstić information content (AvgIpc) is 3.10. The first-order chi connectivity index (χ1) is 10.1. The molecule has 1 aliphatic heterocycles. The molecule has 0 amide bonds. The number of rotatable bonds is 5. The van der Waals surface area contributed by atoms with Crippen LogP contribution in [0.4, 0.5) is 0 Å². The SMILES string of the molecule is O=S(=O)(Cc1cc(-c2ccccc2)no1)C[C@@H]1CCCO1. The lowest BCUT2D eigenvalue weighted by Gasteiger charge is -2.08. The Kier molecular flexibility index (Phi) is 4.07. The minimum atomic E-state index is -3.25. The van der Waals surface area contributed by atoms with E-state index in [-0.39, 0.29) is 17.6 Å². The lowest BCUT2D eigenvalue weighted by Crippen LogP contribution is -2.21. The molecule has 0 saturated carbocycles. The van der Waals surface area contributed by atoms with Gasteiger partial charge in [-0.25, -0.2) is 8.42 Å². The molecule has 1 saturated heterocycles. The molecule has 112 valence electrons. The predicted molar refractivity (Wildman–Crippen MR) is 78.4 cm³/mol. The summed E-state index contributed by atoms with van der Waals surface area (Å²) in [4.78, 5) is 0. The Balaban J connectivity index is 1.69. The Morgan fingerprint density at radius 1 is 1.24 bits per heavy atom. The van der Waals surface area contributed by atoms with Gasteiger partial charge in [-0.3, -0.25) is 0 Å². The highest BCUT2D eigenvalue weighted by Crippen LogP contribution is 2.21. The van der Waals surface area contributed by atoms with Gasteiger partial charge in [-0.2, -0.15) is 0 Å². The lowest BCUT2D eigenvalue weighted by atomic mass is 10.1. The van der Waals surface area contributed by atoms with E-state index < -0.39 is 9.84 Å². The Bertz CT molecular complexity index is 687. The van der Waals surface area contributed by atoms with Crippen LogP contribution in [0.3, 0.4) is 0 Å². The number of hydrogen-bond acceptors (Lipinski definition) is 5. The second kappa shape index (κ2) is 5.99. The fraction of sp³-hybridized carbons (Fsp3) is 0.400. The molecular formula is C15H17NO4S. The average molecular weight is 307 g/mol. The third-order valence-electron chi connectivity index (χ3n) is 3.45. The van der Waals surface area contributed by atoms with Crippen LogP contribution >= 0.6 is 0 Å². The molecule has 1 atom stereocenters. The Hall–Kier alpha value is -1.66. The summed E-state index contributed by atoms with van der Waals surface area (Å²) >= 11 is 0. The van der Waals surface area contributed by atoms with Gasteiger partial charge in [0.15, 0.2) is 15.6 Å². The van der Waals surface area contributed by atoms with Crippen molar-refractivity contribution in [3.63, 3.8) is 0 Å². The van der Waals surface area contributed by atoms with Crippen molar-refractivity contribution in [3.8, 4) is 11.3 Å². The normalized spacial score (nSPS) is 19.0. The largest absolute Gasteiger partial charge is 0.377 e. The first-order valence-corrected chi connectivity index (χ1v) is 8.77. The van der Waals surface area contributed by atoms with E-state index in [1.165, 1.54) is 0 Å². The maximum absolute atomic E-state index is 12.1. The molecule has 0 spiro atoms. The zero-order chi connectivity index (χ0) is 14.7. The van der Waals surface area contributed by atoms with E-state index in [4.69, 9.17) is 9.26 Å². The van der Waals surface area contributed by atoms with Gasteiger partial charge in [0.1, 0.15) is 11.4 Å². The van der Waals surface area contributed by atoms with Gasteiger partial charge in [0.25, 0.3) is 0 Å². The quantitative estimate of drug-likeness (QED) is 0.848. The lowest BCUT2D eigenvalue weighted by molar-refractivity contribution is 0.127. The van der Waals surface area contributed by atoms with E-state index >= 15 is 0 Å². The maximum atomic E-state index is 12.1. The van der Waals surface area contributed by atoms with E-state index in [1.807, 2.05) is 30.3 Å². The van der Waals surface area contributed by atoms with Gasteiger partial charge in [-0.05, 0) is 12.8 Å². The zero-order valence-corrected chi connectivity index (χ0v) is 12.4. The van der Waals surface area contributed by atoms with Gasteiger partial charge < -0.3 is 9.26 Å². The van der Waals surface area contributed by atoms with Crippen LogP contribution in [0.15, 0.2) is 40.9 Å². The standard InChI is InChI=1S/C15H17NO4S/c17-21(18,10-13-7-4-8-19-13)11-14-9-15(16-20-14)12-5-2-1-3-6-12/h1-3,5-6,9,13H,4,7-8,10-11H2/t13-/m0/s1. The molecule has 1 aliphatic rings. The number of nitrogens with zero attached hydrogens (tertiary/aromatic N) is 1. The molecule has 1 aromatic carbocycles. The molecule has 6 heteroatoms. The summed E-state index contributed by atoms with van der Waals surface area (Å²) in [6, 6.07) is 11.2. The highest BCUT2D eigenvalue weighted by Gasteiger charge is 2.25. The van der Waals surface area contributed by atoms with Crippen LogP contribution in [0.1, 0.15) is 18.6 Å². The number of ether oxygens (including phenoxy) is 1. The zero-order valence-electron chi connectivity index (χ0n) is 11.6.